The zero-order chi connectivity index (χ0) is 22.7. The molecule has 1 nitrogen and oxygen atoms in total. The third kappa shape index (κ3) is 3.41. The highest BCUT2D eigenvalue weighted by molar-refractivity contribution is 5.97. The van der Waals surface area contributed by atoms with E-state index in [1.54, 1.807) is 22.3 Å². The second kappa shape index (κ2) is 7.55. The van der Waals surface area contributed by atoms with Gasteiger partial charge in [-0.15, -0.1) is 0 Å². The summed E-state index contributed by atoms with van der Waals surface area (Å²) in [5, 5.41) is 2.70. The topological polar surface area (TPSA) is 12.9 Å². The Balaban J connectivity index is 1.42. The summed E-state index contributed by atoms with van der Waals surface area (Å²) >= 11 is 0. The van der Waals surface area contributed by atoms with E-state index in [1.807, 2.05) is 0 Å². The molecule has 166 valence electrons. The fraction of sp³-hybridized carbons (Fsp3) is 0.344. The molecule has 6 rings (SSSR count). The molecule has 1 heterocycles. The van der Waals surface area contributed by atoms with Crippen molar-refractivity contribution in [2.75, 3.05) is 0 Å². The molecular weight excluding hydrogens is 398 g/mol. The van der Waals surface area contributed by atoms with Crippen LogP contribution in [0.1, 0.15) is 72.9 Å². The minimum atomic E-state index is 0.380. The van der Waals surface area contributed by atoms with Crippen LogP contribution in [0.25, 0.3) is 22.0 Å². The predicted molar refractivity (Wildman–Crippen MR) is 139 cm³/mol. The fourth-order valence-electron chi connectivity index (χ4n) is 6.47. The second-order valence-corrected chi connectivity index (χ2v) is 11.1. The van der Waals surface area contributed by atoms with Gasteiger partial charge in [0.15, 0.2) is 0 Å². The number of pyridine rings is 1. The highest BCUT2D eigenvalue weighted by Gasteiger charge is 2.42. The highest BCUT2D eigenvalue weighted by atomic mass is 14.7. The molecule has 0 fully saturated rings. The Bertz CT molecular complexity index is 1350. The van der Waals surface area contributed by atoms with Gasteiger partial charge in [-0.3, -0.25) is 4.98 Å². The van der Waals surface area contributed by atoms with Crippen molar-refractivity contribution in [1.82, 2.24) is 4.98 Å². The van der Waals surface area contributed by atoms with Gasteiger partial charge in [-0.05, 0) is 93.2 Å². The maximum absolute atomic E-state index is 4.95. The molecule has 0 N–H and O–H groups in total. The van der Waals surface area contributed by atoms with Crippen molar-refractivity contribution in [3.63, 3.8) is 0 Å². The lowest BCUT2D eigenvalue weighted by Gasteiger charge is -2.21. The highest BCUT2D eigenvalue weighted by Crippen LogP contribution is 2.48. The molecule has 4 aromatic rings. The Morgan fingerprint density at radius 3 is 1.97 bits per heavy atom. The molecule has 1 aromatic heterocycles. The summed E-state index contributed by atoms with van der Waals surface area (Å²) in [6.45, 7) is 9.11. The third-order valence-electron chi connectivity index (χ3n) is 8.07. The van der Waals surface area contributed by atoms with Gasteiger partial charge < -0.3 is 0 Å². The van der Waals surface area contributed by atoms with Crippen LogP contribution in [0.3, 0.4) is 0 Å². The van der Waals surface area contributed by atoms with Gasteiger partial charge in [0.25, 0.3) is 0 Å². The van der Waals surface area contributed by atoms with E-state index in [4.69, 9.17) is 4.98 Å². The van der Waals surface area contributed by atoms with Crippen molar-refractivity contribution in [3.8, 4) is 11.3 Å². The van der Waals surface area contributed by atoms with E-state index in [9.17, 15) is 0 Å². The maximum Gasteiger partial charge on any atom is 0.0711 e. The summed E-state index contributed by atoms with van der Waals surface area (Å²) in [5.41, 5.74) is 11.8. The Morgan fingerprint density at radius 2 is 1.30 bits per heavy atom. The summed E-state index contributed by atoms with van der Waals surface area (Å²) in [6.07, 6.45) is 6.95. The number of rotatable bonds is 3. The maximum atomic E-state index is 4.95. The van der Waals surface area contributed by atoms with Crippen LogP contribution in [0.5, 0.6) is 0 Å². The first-order valence-electron chi connectivity index (χ1n) is 12.5. The fourth-order valence-corrected chi connectivity index (χ4v) is 6.47. The lowest BCUT2D eigenvalue weighted by molar-refractivity contribution is 0.326. The molecule has 2 aliphatic rings. The Labute approximate surface area is 197 Å². The summed E-state index contributed by atoms with van der Waals surface area (Å²) < 4.78 is 0. The van der Waals surface area contributed by atoms with Gasteiger partial charge in [-0.25, -0.2) is 0 Å². The van der Waals surface area contributed by atoms with Gasteiger partial charge in [0.1, 0.15) is 0 Å². The standard InChI is InChI=1S/C32H33N/c1-20(2)28-14-31(33-19-30(28)21(3)4)27-11-7-10-22-12-25-17-32(18-26(25)13-29(22)27)15-23-8-5-6-9-24(23)16-32/h5-14,19-21H,15-18H2,1-4H3. The average molecular weight is 432 g/mol. The van der Waals surface area contributed by atoms with Crippen molar-refractivity contribution >= 4 is 10.8 Å². The van der Waals surface area contributed by atoms with Crippen LogP contribution in [0.15, 0.2) is 66.9 Å². The van der Waals surface area contributed by atoms with E-state index < -0.39 is 0 Å². The zero-order valence-corrected chi connectivity index (χ0v) is 20.3. The SMILES string of the molecule is CC(C)c1cnc(-c2cccc3cc4c(cc23)CC2(Cc3ccccc3C2)C4)cc1C(C)C. The van der Waals surface area contributed by atoms with Gasteiger partial charge in [-0.1, -0.05) is 82.3 Å². The minimum Gasteiger partial charge on any atom is -0.256 e. The molecule has 0 radical (unpaired) electrons. The van der Waals surface area contributed by atoms with Crippen molar-refractivity contribution in [2.24, 2.45) is 5.41 Å². The van der Waals surface area contributed by atoms with Crippen LogP contribution in [-0.4, -0.2) is 4.98 Å². The molecule has 1 spiro atoms. The van der Waals surface area contributed by atoms with E-state index >= 15 is 0 Å². The number of fused-ring (bicyclic) bond motifs is 3. The van der Waals surface area contributed by atoms with Crippen LogP contribution in [0, 0.1) is 5.41 Å². The molecule has 33 heavy (non-hydrogen) atoms. The van der Waals surface area contributed by atoms with Crippen LogP contribution in [0.4, 0.5) is 0 Å². The Hall–Kier alpha value is -2.93. The Kier molecular flexibility index (Phi) is 4.73. The van der Waals surface area contributed by atoms with Crippen LogP contribution >= 0.6 is 0 Å². The van der Waals surface area contributed by atoms with Crippen molar-refractivity contribution < 1.29 is 0 Å². The first kappa shape index (κ1) is 20.7. The third-order valence-corrected chi connectivity index (χ3v) is 8.07. The van der Waals surface area contributed by atoms with E-state index in [1.165, 1.54) is 53.1 Å². The molecular formula is C32H33N. The predicted octanol–water partition coefficient (Wildman–Crippen LogP) is 8.03. The number of aromatic nitrogens is 1. The molecule has 3 aromatic carbocycles. The monoisotopic (exact) mass is 431 g/mol. The first-order valence-corrected chi connectivity index (χ1v) is 12.5. The van der Waals surface area contributed by atoms with Gasteiger partial charge in [-0.2, -0.15) is 0 Å². The molecule has 1 heteroatoms. The van der Waals surface area contributed by atoms with Crippen LogP contribution < -0.4 is 0 Å². The molecule has 0 saturated heterocycles. The first-order chi connectivity index (χ1) is 15.9. The van der Waals surface area contributed by atoms with E-state index in [0.717, 1.165) is 5.69 Å². The number of hydrogen-bond donors (Lipinski definition) is 0. The van der Waals surface area contributed by atoms with Gasteiger partial charge in [0, 0.05) is 11.8 Å². The van der Waals surface area contributed by atoms with Gasteiger partial charge >= 0.3 is 0 Å². The van der Waals surface area contributed by atoms with Crippen molar-refractivity contribution in [1.29, 1.82) is 0 Å². The van der Waals surface area contributed by atoms with Crippen molar-refractivity contribution in [2.45, 2.75) is 65.2 Å². The molecule has 0 atom stereocenters. The lowest BCUT2D eigenvalue weighted by Crippen LogP contribution is -2.21. The zero-order valence-electron chi connectivity index (χ0n) is 20.3. The molecule has 0 bridgehead atoms. The smallest absolute Gasteiger partial charge is 0.0711 e. The van der Waals surface area contributed by atoms with E-state index in [-0.39, 0.29) is 0 Å². The minimum absolute atomic E-state index is 0.380. The van der Waals surface area contributed by atoms with Crippen LogP contribution in [0.2, 0.25) is 0 Å². The lowest BCUT2D eigenvalue weighted by atomic mass is 9.82. The van der Waals surface area contributed by atoms with Gasteiger partial charge in [0.05, 0.1) is 5.69 Å². The second-order valence-electron chi connectivity index (χ2n) is 11.1. The number of benzene rings is 3. The summed E-state index contributed by atoms with van der Waals surface area (Å²) in [6, 6.07) is 23.1. The largest absolute Gasteiger partial charge is 0.256 e. The molecule has 0 aliphatic heterocycles. The molecule has 0 unspecified atom stereocenters. The average Bonchev–Trinajstić information content (AvgIpc) is 3.33. The van der Waals surface area contributed by atoms with Crippen LogP contribution in [-0.2, 0) is 25.7 Å². The summed E-state index contributed by atoms with van der Waals surface area (Å²) in [5.74, 6) is 0.985. The summed E-state index contributed by atoms with van der Waals surface area (Å²) in [4.78, 5) is 4.95. The normalized spacial score (nSPS) is 16.2. The number of hydrogen-bond acceptors (Lipinski definition) is 1. The quantitative estimate of drug-likeness (QED) is 0.320. The molecule has 0 saturated carbocycles. The van der Waals surface area contributed by atoms with Gasteiger partial charge in [0.2, 0.25) is 0 Å². The summed E-state index contributed by atoms with van der Waals surface area (Å²) in [7, 11) is 0. The Morgan fingerprint density at radius 1 is 0.667 bits per heavy atom. The van der Waals surface area contributed by atoms with E-state index in [2.05, 4.69) is 94.6 Å². The van der Waals surface area contributed by atoms with E-state index in [0.29, 0.717) is 17.3 Å². The molecule has 0 amide bonds. The molecule has 2 aliphatic carbocycles. The number of nitrogens with zero attached hydrogens (tertiary/aromatic N) is 1. The van der Waals surface area contributed by atoms with Crippen molar-refractivity contribution in [3.05, 3.63) is 100 Å².